The molecule has 1 saturated heterocycles. The lowest BCUT2D eigenvalue weighted by molar-refractivity contribution is -0.126. The van der Waals surface area contributed by atoms with Gasteiger partial charge in [0.25, 0.3) is 5.91 Å². The highest BCUT2D eigenvalue weighted by atomic mass is 16.2. The highest BCUT2D eigenvalue weighted by Crippen LogP contribution is 2.16. The summed E-state index contributed by atoms with van der Waals surface area (Å²) in [5.41, 5.74) is 1.20. The number of aromatic nitrogens is 2. The Morgan fingerprint density at radius 1 is 1.47 bits per heavy atom. The van der Waals surface area contributed by atoms with Gasteiger partial charge in [-0.05, 0) is 6.07 Å². The number of carbonyl (C=O) groups is 2. The summed E-state index contributed by atoms with van der Waals surface area (Å²) in [5, 5.41) is 10.5. The minimum Gasteiger partial charge on any atom is -0.346 e. The zero-order valence-corrected chi connectivity index (χ0v) is 10.5. The van der Waals surface area contributed by atoms with E-state index in [9.17, 15) is 9.59 Å². The standard InChI is InChI=1S/C13H14N4O2/c1-17-7-8(6-11(17)18)14-13(19)12-9-4-2-3-5-10(9)15-16-12/h2-5,8H,6-7H2,1H3,(H,14,19)(H,15,16). The second-order valence-electron chi connectivity index (χ2n) is 4.77. The Hall–Kier alpha value is -2.37. The summed E-state index contributed by atoms with van der Waals surface area (Å²) < 4.78 is 0. The third-order valence-electron chi connectivity index (χ3n) is 3.36. The third-order valence-corrected chi connectivity index (χ3v) is 3.36. The van der Waals surface area contributed by atoms with Gasteiger partial charge in [-0.2, -0.15) is 5.10 Å². The van der Waals surface area contributed by atoms with E-state index in [0.29, 0.717) is 18.7 Å². The van der Waals surface area contributed by atoms with Gasteiger partial charge in [-0.25, -0.2) is 0 Å². The number of hydrogen-bond donors (Lipinski definition) is 2. The molecule has 1 aliphatic heterocycles. The van der Waals surface area contributed by atoms with Crippen molar-refractivity contribution in [2.24, 2.45) is 0 Å². The number of benzene rings is 1. The lowest BCUT2D eigenvalue weighted by Gasteiger charge is -2.11. The molecule has 6 nitrogen and oxygen atoms in total. The molecule has 6 heteroatoms. The second-order valence-corrected chi connectivity index (χ2v) is 4.77. The Bertz CT molecular complexity index is 649. The van der Waals surface area contributed by atoms with E-state index in [1.54, 1.807) is 11.9 Å². The molecule has 98 valence electrons. The van der Waals surface area contributed by atoms with E-state index in [2.05, 4.69) is 15.5 Å². The van der Waals surface area contributed by atoms with Crippen LogP contribution in [0.25, 0.3) is 10.9 Å². The molecule has 3 rings (SSSR count). The number of amides is 2. The molecule has 2 heterocycles. The smallest absolute Gasteiger partial charge is 0.272 e. The number of para-hydroxylation sites is 1. The van der Waals surface area contributed by atoms with E-state index in [-0.39, 0.29) is 17.9 Å². The average molecular weight is 258 g/mol. The third kappa shape index (κ3) is 2.05. The normalized spacial score (nSPS) is 19.1. The van der Waals surface area contributed by atoms with Crippen molar-refractivity contribution in [1.82, 2.24) is 20.4 Å². The van der Waals surface area contributed by atoms with Crippen molar-refractivity contribution in [3.8, 4) is 0 Å². The van der Waals surface area contributed by atoms with Crippen molar-refractivity contribution in [2.75, 3.05) is 13.6 Å². The van der Waals surface area contributed by atoms with Crippen LogP contribution in [-0.2, 0) is 4.79 Å². The molecular formula is C13H14N4O2. The summed E-state index contributed by atoms with van der Waals surface area (Å²) in [5.74, 6) is -0.192. The molecule has 1 aliphatic rings. The van der Waals surface area contributed by atoms with E-state index >= 15 is 0 Å². The molecule has 2 N–H and O–H groups in total. The first-order valence-electron chi connectivity index (χ1n) is 6.13. The van der Waals surface area contributed by atoms with E-state index < -0.39 is 0 Å². The van der Waals surface area contributed by atoms with Gasteiger partial charge < -0.3 is 10.2 Å². The van der Waals surface area contributed by atoms with Crippen molar-refractivity contribution in [2.45, 2.75) is 12.5 Å². The van der Waals surface area contributed by atoms with Crippen molar-refractivity contribution in [1.29, 1.82) is 0 Å². The predicted octanol–water partition coefficient (Wildman–Crippen LogP) is 0.523. The first-order chi connectivity index (χ1) is 9.15. The Balaban J connectivity index is 1.79. The van der Waals surface area contributed by atoms with Crippen molar-refractivity contribution in [3.05, 3.63) is 30.0 Å². The Kier molecular flexibility index (Phi) is 2.70. The predicted molar refractivity (Wildman–Crippen MR) is 69.6 cm³/mol. The van der Waals surface area contributed by atoms with Crippen LogP contribution in [0.1, 0.15) is 16.9 Å². The molecule has 0 radical (unpaired) electrons. The highest BCUT2D eigenvalue weighted by Gasteiger charge is 2.28. The van der Waals surface area contributed by atoms with Crippen LogP contribution in [-0.4, -0.2) is 46.5 Å². The summed E-state index contributed by atoms with van der Waals surface area (Å²) in [6, 6.07) is 7.32. The summed E-state index contributed by atoms with van der Waals surface area (Å²) in [4.78, 5) is 25.2. The number of rotatable bonds is 2. The number of likely N-dealkylation sites (N-methyl/N-ethyl adjacent to an activating group) is 1. The summed E-state index contributed by atoms with van der Waals surface area (Å²) in [6.45, 7) is 0.549. The zero-order valence-electron chi connectivity index (χ0n) is 10.5. The molecule has 0 spiro atoms. The van der Waals surface area contributed by atoms with E-state index in [1.807, 2.05) is 24.3 Å². The maximum Gasteiger partial charge on any atom is 0.272 e. The Morgan fingerprint density at radius 3 is 3.00 bits per heavy atom. The minimum absolute atomic E-state index is 0.0529. The van der Waals surface area contributed by atoms with Crippen LogP contribution in [0, 0.1) is 0 Å². The fourth-order valence-corrected chi connectivity index (χ4v) is 2.35. The van der Waals surface area contributed by atoms with Gasteiger partial charge in [0, 0.05) is 25.4 Å². The maximum atomic E-state index is 12.2. The molecule has 0 bridgehead atoms. The number of carbonyl (C=O) groups excluding carboxylic acids is 2. The molecule has 0 aliphatic carbocycles. The van der Waals surface area contributed by atoms with Gasteiger partial charge in [0.2, 0.25) is 5.91 Å². The van der Waals surface area contributed by atoms with Gasteiger partial charge in [0.15, 0.2) is 5.69 Å². The van der Waals surface area contributed by atoms with Gasteiger partial charge in [-0.15, -0.1) is 0 Å². The maximum absolute atomic E-state index is 12.2. The molecule has 1 fully saturated rings. The van der Waals surface area contributed by atoms with Gasteiger partial charge in [-0.3, -0.25) is 14.7 Å². The molecule has 1 aromatic heterocycles. The van der Waals surface area contributed by atoms with E-state index in [1.165, 1.54) is 0 Å². The summed E-state index contributed by atoms with van der Waals surface area (Å²) >= 11 is 0. The molecule has 2 amide bonds. The van der Waals surface area contributed by atoms with Crippen LogP contribution in [0.15, 0.2) is 24.3 Å². The summed E-state index contributed by atoms with van der Waals surface area (Å²) in [6.07, 6.45) is 0.352. The fraction of sp³-hybridized carbons (Fsp3) is 0.308. The topological polar surface area (TPSA) is 78.1 Å². The number of aromatic amines is 1. The summed E-state index contributed by atoms with van der Waals surface area (Å²) in [7, 11) is 1.73. The van der Waals surface area contributed by atoms with Crippen LogP contribution in [0.4, 0.5) is 0 Å². The number of nitrogens with zero attached hydrogens (tertiary/aromatic N) is 2. The SMILES string of the molecule is CN1CC(NC(=O)c2n[nH]c3ccccc23)CC1=O. The lowest BCUT2D eigenvalue weighted by Crippen LogP contribution is -2.36. The highest BCUT2D eigenvalue weighted by molar-refractivity contribution is 6.04. The first kappa shape index (κ1) is 11.7. The number of likely N-dealkylation sites (tertiary alicyclic amines) is 1. The Labute approximate surface area is 109 Å². The number of nitrogens with one attached hydrogen (secondary N) is 2. The largest absolute Gasteiger partial charge is 0.346 e. The molecule has 1 aromatic carbocycles. The van der Waals surface area contributed by atoms with Crippen LogP contribution >= 0.6 is 0 Å². The van der Waals surface area contributed by atoms with Crippen molar-refractivity contribution in [3.63, 3.8) is 0 Å². The van der Waals surface area contributed by atoms with E-state index in [4.69, 9.17) is 0 Å². The van der Waals surface area contributed by atoms with Crippen molar-refractivity contribution < 1.29 is 9.59 Å². The zero-order chi connectivity index (χ0) is 13.4. The second kappa shape index (κ2) is 4.38. The molecule has 2 aromatic rings. The first-order valence-corrected chi connectivity index (χ1v) is 6.13. The molecule has 0 saturated carbocycles. The van der Waals surface area contributed by atoms with Crippen molar-refractivity contribution >= 4 is 22.7 Å². The molecule has 1 atom stereocenters. The number of fused-ring (bicyclic) bond motifs is 1. The molecule has 1 unspecified atom stereocenters. The van der Waals surface area contributed by atoms with Gasteiger partial charge in [0.05, 0.1) is 11.6 Å². The van der Waals surface area contributed by atoms with Gasteiger partial charge in [0.1, 0.15) is 0 Å². The van der Waals surface area contributed by atoms with Gasteiger partial charge in [-0.1, -0.05) is 18.2 Å². The number of hydrogen-bond acceptors (Lipinski definition) is 3. The fourth-order valence-electron chi connectivity index (χ4n) is 2.35. The van der Waals surface area contributed by atoms with Crippen LogP contribution in [0.2, 0.25) is 0 Å². The van der Waals surface area contributed by atoms with Crippen LogP contribution in [0.5, 0.6) is 0 Å². The minimum atomic E-state index is -0.245. The van der Waals surface area contributed by atoms with E-state index in [0.717, 1.165) is 10.9 Å². The number of H-pyrrole nitrogens is 1. The van der Waals surface area contributed by atoms with Crippen LogP contribution < -0.4 is 5.32 Å². The average Bonchev–Trinajstić information content (AvgIpc) is 2.94. The molecular weight excluding hydrogens is 244 g/mol. The molecule has 19 heavy (non-hydrogen) atoms. The Morgan fingerprint density at radius 2 is 2.26 bits per heavy atom. The monoisotopic (exact) mass is 258 g/mol. The van der Waals surface area contributed by atoms with Crippen LogP contribution in [0.3, 0.4) is 0 Å². The lowest BCUT2D eigenvalue weighted by atomic mass is 10.2. The quantitative estimate of drug-likeness (QED) is 0.824. The van der Waals surface area contributed by atoms with Gasteiger partial charge >= 0.3 is 0 Å².